The van der Waals surface area contributed by atoms with Gasteiger partial charge in [-0.2, -0.15) is 5.26 Å². The quantitative estimate of drug-likeness (QED) is 0.309. The molecular formula is C6H12N2O2. The first-order valence-corrected chi connectivity index (χ1v) is 3.10. The second-order valence-corrected chi connectivity index (χ2v) is 1.94. The van der Waals surface area contributed by atoms with E-state index in [9.17, 15) is 0 Å². The molecule has 0 amide bonds. The molecule has 0 aliphatic heterocycles. The summed E-state index contributed by atoms with van der Waals surface area (Å²) in [5, 5.41) is 19.5. The van der Waals surface area contributed by atoms with E-state index in [2.05, 4.69) is 10.1 Å². The van der Waals surface area contributed by atoms with Gasteiger partial charge in [0.05, 0.1) is 12.7 Å². The first-order valence-electron chi connectivity index (χ1n) is 3.10. The number of ether oxygens (including phenoxy) is 1. The smallest absolute Gasteiger partial charge is 0.176 e. The Bertz CT molecular complexity index is 111. The Kier molecular flexibility index (Phi) is 5.83. The lowest BCUT2D eigenvalue weighted by Gasteiger charge is -2.06. The maximum atomic E-state index is 9.00. The Balaban J connectivity index is 3.06. The van der Waals surface area contributed by atoms with Crippen LogP contribution in [0.5, 0.6) is 0 Å². The average molecular weight is 144 g/mol. The first-order chi connectivity index (χ1) is 4.81. The van der Waals surface area contributed by atoms with Gasteiger partial charge in [-0.3, -0.25) is 0 Å². The number of methoxy groups -OCH3 is 1. The molecule has 0 fully saturated rings. The molecule has 10 heavy (non-hydrogen) atoms. The molecule has 4 nitrogen and oxygen atoms in total. The summed E-state index contributed by atoms with van der Waals surface area (Å²) in [4.78, 5) is 0. The predicted octanol–water partition coefficient (Wildman–Crippen LogP) is -0.546. The molecule has 0 saturated carbocycles. The fourth-order valence-electron chi connectivity index (χ4n) is 0.570. The van der Waals surface area contributed by atoms with Crippen LogP contribution in [0.2, 0.25) is 0 Å². The highest BCUT2D eigenvalue weighted by Crippen LogP contribution is 1.88. The van der Waals surface area contributed by atoms with Gasteiger partial charge in [-0.1, -0.05) is 0 Å². The van der Waals surface area contributed by atoms with Crippen molar-refractivity contribution >= 4 is 0 Å². The lowest BCUT2D eigenvalue weighted by Crippen LogP contribution is -2.20. The van der Waals surface area contributed by atoms with Crippen LogP contribution >= 0.6 is 0 Å². The van der Waals surface area contributed by atoms with E-state index in [-0.39, 0.29) is 0 Å². The van der Waals surface area contributed by atoms with Crippen molar-refractivity contribution in [3.05, 3.63) is 0 Å². The van der Waals surface area contributed by atoms with Crippen LogP contribution in [-0.2, 0) is 4.74 Å². The van der Waals surface area contributed by atoms with Gasteiger partial charge >= 0.3 is 0 Å². The number of nitrogens with one attached hydrogen (secondary N) is 1. The second-order valence-electron chi connectivity index (χ2n) is 1.94. The number of aliphatic hydroxyl groups is 1. The Morgan fingerprint density at radius 1 is 1.80 bits per heavy atom. The monoisotopic (exact) mass is 144 g/mol. The molecule has 0 radical (unpaired) electrons. The molecule has 0 spiro atoms. The molecule has 0 aromatic rings. The van der Waals surface area contributed by atoms with Gasteiger partial charge in [-0.05, 0) is 6.42 Å². The zero-order chi connectivity index (χ0) is 7.82. The van der Waals surface area contributed by atoms with Crippen molar-refractivity contribution < 1.29 is 9.84 Å². The van der Waals surface area contributed by atoms with E-state index in [0.717, 1.165) is 0 Å². The van der Waals surface area contributed by atoms with Crippen LogP contribution in [0.3, 0.4) is 0 Å². The Hall–Kier alpha value is -0.790. The zero-order valence-corrected chi connectivity index (χ0v) is 6.00. The van der Waals surface area contributed by atoms with Crippen LogP contribution < -0.4 is 5.32 Å². The summed E-state index contributed by atoms with van der Waals surface area (Å²) in [5.74, 6) is 0. The largest absolute Gasteiger partial charge is 0.391 e. The van der Waals surface area contributed by atoms with E-state index in [1.807, 2.05) is 0 Å². The molecule has 1 unspecified atom stereocenters. The van der Waals surface area contributed by atoms with Crippen LogP contribution in [0.4, 0.5) is 0 Å². The lowest BCUT2D eigenvalue weighted by atomic mass is 10.3. The molecule has 0 rings (SSSR count). The minimum absolute atomic E-state index is 0.326. The fraction of sp³-hybridized carbons (Fsp3) is 0.833. The standard InChI is InChI=1S/C6H12N2O2/c1-10-4-6(9)2-3-8-5-7/h6,8-9H,2-4H2,1H3. The molecule has 4 heteroatoms. The SMILES string of the molecule is COCC(O)CCNC#N. The van der Waals surface area contributed by atoms with Crippen molar-refractivity contribution in [3.8, 4) is 6.19 Å². The van der Waals surface area contributed by atoms with Crippen LogP contribution in [-0.4, -0.2) is 31.5 Å². The molecule has 0 aliphatic carbocycles. The average Bonchev–Trinajstić information content (AvgIpc) is 1.89. The van der Waals surface area contributed by atoms with Gasteiger partial charge < -0.3 is 15.2 Å². The van der Waals surface area contributed by atoms with Crippen molar-refractivity contribution in [2.75, 3.05) is 20.3 Å². The van der Waals surface area contributed by atoms with Gasteiger partial charge in [0, 0.05) is 13.7 Å². The topological polar surface area (TPSA) is 65.3 Å². The molecule has 0 aromatic carbocycles. The maximum Gasteiger partial charge on any atom is 0.176 e. The molecule has 0 aliphatic rings. The third-order valence-corrected chi connectivity index (χ3v) is 1.04. The molecule has 0 bridgehead atoms. The van der Waals surface area contributed by atoms with Gasteiger partial charge in [0.2, 0.25) is 0 Å². The third-order valence-electron chi connectivity index (χ3n) is 1.04. The maximum absolute atomic E-state index is 9.00. The Labute approximate surface area is 60.4 Å². The number of nitriles is 1. The van der Waals surface area contributed by atoms with E-state index in [1.54, 1.807) is 6.19 Å². The zero-order valence-electron chi connectivity index (χ0n) is 6.00. The van der Waals surface area contributed by atoms with Crippen molar-refractivity contribution in [2.24, 2.45) is 0 Å². The number of nitrogens with zero attached hydrogens (tertiary/aromatic N) is 1. The Morgan fingerprint density at radius 2 is 2.50 bits per heavy atom. The second kappa shape index (κ2) is 6.33. The summed E-state index contributed by atoms with van der Waals surface area (Å²) in [6, 6.07) is 0. The number of rotatable bonds is 5. The van der Waals surface area contributed by atoms with Crippen molar-refractivity contribution in [1.82, 2.24) is 5.32 Å². The van der Waals surface area contributed by atoms with Crippen LogP contribution in [0.25, 0.3) is 0 Å². The van der Waals surface area contributed by atoms with Crippen LogP contribution in [0.15, 0.2) is 0 Å². The summed E-state index contributed by atoms with van der Waals surface area (Å²) < 4.78 is 4.67. The Morgan fingerprint density at radius 3 is 3.00 bits per heavy atom. The predicted molar refractivity (Wildman–Crippen MR) is 36.1 cm³/mol. The van der Waals surface area contributed by atoms with Crippen LogP contribution in [0, 0.1) is 11.5 Å². The van der Waals surface area contributed by atoms with E-state index < -0.39 is 6.10 Å². The first kappa shape index (κ1) is 9.21. The number of aliphatic hydroxyl groups excluding tert-OH is 1. The normalized spacial score (nSPS) is 12.1. The number of hydrogen-bond acceptors (Lipinski definition) is 4. The fourth-order valence-corrected chi connectivity index (χ4v) is 0.570. The van der Waals surface area contributed by atoms with E-state index in [4.69, 9.17) is 10.4 Å². The minimum Gasteiger partial charge on any atom is -0.391 e. The van der Waals surface area contributed by atoms with Gasteiger partial charge in [0.1, 0.15) is 0 Å². The lowest BCUT2D eigenvalue weighted by molar-refractivity contribution is 0.0601. The highest BCUT2D eigenvalue weighted by Gasteiger charge is 2.00. The molecule has 2 N–H and O–H groups in total. The molecule has 58 valence electrons. The van der Waals surface area contributed by atoms with Crippen molar-refractivity contribution in [1.29, 1.82) is 5.26 Å². The highest BCUT2D eigenvalue weighted by molar-refractivity contribution is 4.66. The van der Waals surface area contributed by atoms with Crippen molar-refractivity contribution in [3.63, 3.8) is 0 Å². The highest BCUT2D eigenvalue weighted by atomic mass is 16.5. The van der Waals surface area contributed by atoms with Gasteiger partial charge in [0.25, 0.3) is 0 Å². The summed E-state index contributed by atoms with van der Waals surface area (Å²) in [6.07, 6.45) is 1.84. The summed E-state index contributed by atoms with van der Waals surface area (Å²) in [7, 11) is 1.53. The van der Waals surface area contributed by atoms with Gasteiger partial charge in [-0.15, -0.1) is 0 Å². The van der Waals surface area contributed by atoms with Gasteiger partial charge in [0.15, 0.2) is 6.19 Å². The van der Waals surface area contributed by atoms with Crippen molar-refractivity contribution in [2.45, 2.75) is 12.5 Å². The molecule has 1 atom stereocenters. The molecule has 0 heterocycles. The summed E-state index contributed by atoms with van der Waals surface area (Å²) >= 11 is 0. The third kappa shape index (κ3) is 5.35. The minimum atomic E-state index is -0.467. The van der Waals surface area contributed by atoms with E-state index in [1.165, 1.54) is 7.11 Å². The van der Waals surface area contributed by atoms with E-state index in [0.29, 0.717) is 19.6 Å². The van der Waals surface area contributed by atoms with Crippen LogP contribution in [0.1, 0.15) is 6.42 Å². The van der Waals surface area contributed by atoms with Gasteiger partial charge in [-0.25, -0.2) is 0 Å². The summed E-state index contributed by atoms with van der Waals surface area (Å²) in [5.41, 5.74) is 0. The number of hydrogen-bond donors (Lipinski definition) is 2. The molecular weight excluding hydrogens is 132 g/mol. The van der Waals surface area contributed by atoms with E-state index >= 15 is 0 Å². The molecule has 0 aromatic heterocycles. The molecule has 0 saturated heterocycles. The summed E-state index contributed by atoms with van der Waals surface area (Å²) in [6.45, 7) is 0.828.